The van der Waals surface area contributed by atoms with Crippen molar-refractivity contribution in [3.63, 3.8) is 0 Å². The summed E-state index contributed by atoms with van der Waals surface area (Å²) in [5, 5.41) is 10.4. The summed E-state index contributed by atoms with van der Waals surface area (Å²) in [6, 6.07) is 7.74. The molecule has 1 aromatic heterocycles. The van der Waals surface area contributed by atoms with Crippen molar-refractivity contribution >= 4 is 22.4 Å². The Kier molecular flexibility index (Phi) is 4.34. The van der Waals surface area contributed by atoms with Crippen LogP contribution < -0.4 is 4.90 Å². The topological polar surface area (TPSA) is 49.3 Å². The van der Waals surface area contributed by atoms with E-state index in [0.29, 0.717) is 42.3 Å². The third-order valence-electron chi connectivity index (χ3n) is 6.03. The van der Waals surface area contributed by atoms with Crippen molar-refractivity contribution in [2.24, 2.45) is 5.92 Å². The van der Waals surface area contributed by atoms with Crippen LogP contribution in [0.1, 0.15) is 42.7 Å². The lowest BCUT2D eigenvalue weighted by Crippen LogP contribution is -2.56. The molecular weight excluding hydrogens is 363 g/mol. The smallest absolute Gasteiger partial charge is 0.223 e. The SMILES string of the molecule is O=C1CCC2CN(c3nnc(Cc4ccccc4F)s3)CCC2N1C1CC1. The van der Waals surface area contributed by atoms with Gasteiger partial charge < -0.3 is 9.80 Å². The van der Waals surface area contributed by atoms with Crippen LogP contribution in [0.3, 0.4) is 0 Å². The molecule has 0 bridgehead atoms. The third-order valence-corrected chi connectivity index (χ3v) is 7.02. The minimum absolute atomic E-state index is 0.192. The molecule has 0 radical (unpaired) electrons. The molecule has 0 N–H and O–H groups in total. The Morgan fingerprint density at radius 2 is 2.00 bits per heavy atom. The van der Waals surface area contributed by atoms with Crippen LogP contribution >= 0.6 is 11.3 Å². The zero-order chi connectivity index (χ0) is 18.4. The zero-order valence-corrected chi connectivity index (χ0v) is 16.0. The number of fused-ring (bicyclic) bond motifs is 1. The first-order valence-electron chi connectivity index (χ1n) is 9.81. The van der Waals surface area contributed by atoms with E-state index in [1.807, 2.05) is 6.07 Å². The molecule has 1 aromatic carbocycles. The van der Waals surface area contributed by atoms with Crippen molar-refractivity contribution in [2.75, 3.05) is 18.0 Å². The van der Waals surface area contributed by atoms with E-state index in [0.717, 1.165) is 36.1 Å². The van der Waals surface area contributed by atoms with E-state index < -0.39 is 0 Å². The molecule has 5 nitrogen and oxygen atoms in total. The second-order valence-electron chi connectivity index (χ2n) is 7.88. The number of nitrogens with zero attached hydrogens (tertiary/aromatic N) is 4. The van der Waals surface area contributed by atoms with Gasteiger partial charge in [-0.2, -0.15) is 0 Å². The van der Waals surface area contributed by atoms with Crippen LogP contribution in [0.4, 0.5) is 9.52 Å². The number of hydrogen-bond acceptors (Lipinski definition) is 5. The molecule has 2 saturated heterocycles. The van der Waals surface area contributed by atoms with E-state index in [1.165, 1.54) is 18.9 Å². The summed E-state index contributed by atoms with van der Waals surface area (Å²) < 4.78 is 13.9. The average Bonchev–Trinajstić information content (AvgIpc) is 3.40. The first-order chi connectivity index (χ1) is 13.2. The number of carbonyl (C=O) groups excluding carboxylic acids is 1. The van der Waals surface area contributed by atoms with Crippen LogP contribution in [0.5, 0.6) is 0 Å². The van der Waals surface area contributed by atoms with E-state index in [1.54, 1.807) is 23.5 Å². The van der Waals surface area contributed by atoms with Crippen LogP contribution in [0.2, 0.25) is 0 Å². The molecule has 3 heterocycles. The minimum atomic E-state index is -0.192. The second kappa shape index (κ2) is 6.86. The summed E-state index contributed by atoms with van der Waals surface area (Å²) in [6.45, 7) is 1.85. The summed E-state index contributed by atoms with van der Waals surface area (Å²) >= 11 is 1.56. The Bertz CT molecular complexity index is 852. The quantitative estimate of drug-likeness (QED) is 0.809. The molecule has 142 valence electrons. The molecule has 2 atom stereocenters. The van der Waals surface area contributed by atoms with Crippen molar-refractivity contribution in [1.29, 1.82) is 0 Å². The highest BCUT2D eigenvalue weighted by Crippen LogP contribution is 2.40. The maximum Gasteiger partial charge on any atom is 0.223 e. The fourth-order valence-electron chi connectivity index (χ4n) is 4.54. The molecule has 3 fully saturated rings. The number of rotatable bonds is 4. The van der Waals surface area contributed by atoms with Crippen molar-refractivity contribution in [1.82, 2.24) is 15.1 Å². The fourth-order valence-corrected chi connectivity index (χ4v) is 5.44. The van der Waals surface area contributed by atoms with Gasteiger partial charge in [-0.3, -0.25) is 4.79 Å². The fraction of sp³-hybridized carbons (Fsp3) is 0.550. The Balaban J connectivity index is 1.28. The van der Waals surface area contributed by atoms with Crippen LogP contribution in [0.15, 0.2) is 24.3 Å². The van der Waals surface area contributed by atoms with E-state index in [4.69, 9.17) is 0 Å². The summed E-state index contributed by atoms with van der Waals surface area (Å²) in [7, 11) is 0. The van der Waals surface area contributed by atoms with Gasteiger partial charge >= 0.3 is 0 Å². The first kappa shape index (κ1) is 17.1. The number of likely N-dealkylation sites (tertiary alicyclic amines) is 1. The van der Waals surface area contributed by atoms with Gasteiger partial charge in [0.05, 0.1) is 0 Å². The predicted molar refractivity (Wildman–Crippen MR) is 102 cm³/mol. The highest BCUT2D eigenvalue weighted by atomic mass is 32.1. The van der Waals surface area contributed by atoms with Gasteiger partial charge in [0.2, 0.25) is 11.0 Å². The van der Waals surface area contributed by atoms with Crippen LogP contribution in [0.25, 0.3) is 0 Å². The highest BCUT2D eigenvalue weighted by molar-refractivity contribution is 7.15. The number of hydrogen-bond donors (Lipinski definition) is 0. The maximum atomic E-state index is 13.9. The maximum absolute atomic E-state index is 13.9. The molecule has 1 aliphatic carbocycles. The molecule has 2 unspecified atom stereocenters. The van der Waals surface area contributed by atoms with Gasteiger partial charge in [0.1, 0.15) is 10.8 Å². The van der Waals surface area contributed by atoms with E-state index in [9.17, 15) is 9.18 Å². The predicted octanol–water partition coefficient (Wildman–Crippen LogP) is 3.25. The molecular formula is C20H23FN4OS. The van der Waals surface area contributed by atoms with Gasteiger partial charge in [0, 0.05) is 38.0 Å². The van der Waals surface area contributed by atoms with E-state index in [-0.39, 0.29) is 5.82 Å². The summed E-state index contributed by atoms with van der Waals surface area (Å²) in [5.74, 6) is 0.688. The van der Waals surface area contributed by atoms with Gasteiger partial charge in [0.15, 0.2) is 0 Å². The Morgan fingerprint density at radius 1 is 1.15 bits per heavy atom. The molecule has 2 aliphatic heterocycles. The highest BCUT2D eigenvalue weighted by Gasteiger charge is 2.45. The molecule has 3 aliphatic rings. The largest absolute Gasteiger partial charge is 0.346 e. The minimum Gasteiger partial charge on any atom is -0.346 e. The van der Waals surface area contributed by atoms with Gasteiger partial charge in [-0.25, -0.2) is 4.39 Å². The summed E-state index contributed by atoms with van der Waals surface area (Å²) in [4.78, 5) is 16.9. The lowest BCUT2D eigenvalue weighted by atomic mass is 9.83. The standard InChI is InChI=1S/C20H23FN4OS/c21-16-4-2-1-3-13(16)11-18-22-23-20(27-18)24-10-9-17-14(12-24)5-8-19(26)25(17)15-6-7-15/h1-4,14-15,17H,5-12H2. The van der Waals surface area contributed by atoms with Gasteiger partial charge in [-0.1, -0.05) is 29.5 Å². The van der Waals surface area contributed by atoms with Crippen LogP contribution in [-0.4, -0.2) is 46.2 Å². The first-order valence-corrected chi connectivity index (χ1v) is 10.6. The second-order valence-corrected chi connectivity index (χ2v) is 8.92. The number of amides is 1. The molecule has 2 aromatic rings. The Labute approximate surface area is 162 Å². The molecule has 7 heteroatoms. The lowest BCUT2D eigenvalue weighted by Gasteiger charge is -2.47. The zero-order valence-electron chi connectivity index (χ0n) is 15.2. The molecule has 27 heavy (non-hydrogen) atoms. The number of anilines is 1. The molecule has 1 saturated carbocycles. The van der Waals surface area contributed by atoms with Crippen LogP contribution in [0, 0.1) is 11.7 Å². The van der Waals surface area contributed by atoms with Crippen molar-refractivity contribution in [3.8, 4) is 0 Å². The Hall–Kier alpha value is -2.02. The van der Waals surface area contributed by atoms with Crippen LogP contribution in [-0.2, 0) is 11.2 Å². The third kappa shape index (κ3) is 3.33. The molecule has 1 amide bonds. The number of halogens is 1. The molecule has 0 spiro atoms. The van der Waals surface area contributed by atoms with Gasteiger partial charge in [0.25, 0.3) is 0 Å². The van der Waals surface area contributed by atoms with E-state index in [2.05, 4.69) is 20.0 Å². The molecule has 5 rings (SSSR count). The monoisotopic (exact) mass is 386 g/mol. The van der Waals surface area contributed by atoms with Crippen molar-refractivity contribution < 1.29 is 9.18 Å². The van der Waals surface area contributed by atoms with E-state index >= 15 is 0 Å². The number of benzene rings is 1. The van der Waals surface area contributed by atoms with Gasteiger partial charge in [-0.05, 0) is 43.2 Å². The number of piperidine rings is 2. The summed E-state index contributed by atoms with van der Waals surface area (Å²) in [6.07, 6.45) is 5.50. The normalized spacial score (nSPS) is 25.6. The number of carbonyl (C=O) groups is 1. The average molecular weight is 386 g/mol. The van der Waals surface area contributed by atoms with Gasteiger partial charge in [-0.15, -0.1) is 10.2 Å². The Morgan fingerprint density at radius 3 is 2.81 bits per heavy atom. The van der Waals surface area contributed by atoms with Crippen molar-refractivity contribution in [2.45, 2.75) is 50.6 Å². The number of aromatic nitrogens is 2. The lowest BCUT2D eigenvalue weighted by molar-refractivity contribution is -0.140. The summed E-state index contributed by atoms with van der Waals surface area (Å²) in [5.41, 5.74) is 0.657. The van der Waals surface area contributed by atoms with Crippen molar-refractivity contribution in [3.05, 3.63) is 40.7 Å².